The first-order valence-electron chi connectivity index (χ1n) is 4.77. The standard InChI is InChI=1S/C9H12N4O2/c1-5-2-7(5)9(15)13-12-8(14)6-3-10-11-4-6/h3-5,7H,2H2,1H3,(H,10,11)(H,12,14)(H,13,15). The van der Waals surface area contributed by atoms with Crippen molar-refractivity contribution in [1.82, 2.24) is 21.0 Å². The second kappa shape index (κ2) is 3.72. The van der Waals surface area contributed by atoms with Gasteiger partial charge in [0.15, 0.2) is 0 Å². The molecule has 1 heterocycles. The van der Waals surface area contributed by atoms with Crippen molar-refractivity contribution in [3.05, 3.63) is 18.0 Å². The zero-order valence-electron chi connectivity index (χ0n) is 8.28. The van der Waals surface area contributed by atoms with Gasteiger partial charge in [0.1, 0.15) is 0 Å². The lowest BCUT2D eigenvalue weighted by atomic mass is 10.3. The summed E-state index contributed by atoms with van der Waals surface area (Å²) in [6, 6.07) is 0. The second-order valence-electron chi connectivity index (χ2n) is 3.75. The van der Waals surface area contributed by atoms with Gasteiger partial charge in [-0.3, -0.25) is 25.5 Å². The monoisotopic (exact) mass is 208 g/mol. The van der Waals surface area contributed by atoms with Crippen LogP contribution in [0.5, 0.6) is 0 Å². The molecule has 80 valence electrons. The van der Waals surface area contributed by atoms with Crippen molar-refractivity contribution in [3.8, 4) is 0 Å². The van der Waals surface area contributed by atoms with E-state index in [-0.39, 0.29) is 17.7 Å². The lowest BCUT2D eigenvalue weighted by molar-refractivity contribution is -0.123. The summed E-state index contributed by atoms with van der Waals surface area (Å²) >= 11 is 0. The summed E-state index contributed by atoms with van der Waals surface area (Å²) in [5.41, 5.74) is 5.10. The summed E-state index contributed by atoms with van der Waals surface area (Å²) in [6.07, 6.45) is 3.75. The highest BCUT2D eigenvalue weighted by Crippen LogP contribution is 2.37. The van der Waals surface area contributed by atoms with Gasteiger partial charge in [-0.1, -0.05) is 6.92 Å². The molecule has 2 unspecified atom stereocenters. The molecule has 3 N–H and O–H groups in total. The van der Waals surface area contributed by atoms with E-state index in [0.29, 0.717) is 11.5 Å². The Hall–Kier alpha value is -1.85. The third-order valence-electron chi connectivity index (χ3n) is 2.51. The molecule has 1 fully saturated rings. The highest BCUT2D eigenvalue weighted by Gasteiger charge is 2.39. The number of hydrogen-bond donors (Lipinski definition) is 3. The van der Waals surface area contributed by atoms with Crippen LogP contribution in [0.25, 0.3) is 0 Å². The van der Waals surface area contributed by atoms with Gasteiger partial charge < -0.3 is 0 Å². The molecule has 0 saturated heterocycles. The van der Waals surface area contributed by atoms with Gasteiger partial charge in [-0.25, -0.2) is 0 Å². The summed E-state index contributed by atoms with van der Waals surface area (Å²) in [6.45, 7) is 2.00. The Kier molecular flexibility index (Phi) is 2.40. The Balaban J connectivity index is 1.79. The Morgan fingerprint density at radius 3 is 2.80 bits per heavy atom. The summed E-state index contributed by atoms with van der Waals surface area (Å²) < 4.78 is 0. The number of aromatic amines is 1. The van der Waals surface area contributed by atoms with E-state index in [2.05, 4.69) is 21.0 Å². The van der Waals surface area contributed by atoms with Gasteiger partial charge in [0.2, 0.25) is 5.91 Å². The average molecular weight is 208 g/mol. The van der Waals surface area contributed by atoms with Crippen LogP contribution in [-0.4, -0.2) is 22.0 Å². The molecule has 1 aliphatic rings. The van der Waals surface area contributed by atoms with E-state index >= 15 is 0 Å². The molecule has 2 amide bonds. The van der Waals surface area contributed by atoms with Crippen LogP contribution in [0.1, 0.15) is 23.7 Å². The highest BCUT2D eigenvalue weighted by molar-refractivity contribution is 5.95. The van der Waals surface area contributed by atoms with Crippen molar-refractivity contribution in [1.29, 1.82) is 0 Å². The van der Waals surface area contributed by atoms with Crippen LogP contribution in [0.15, 0.2) is 12.4 Å². The predicted molar refractivity (Wildman–Crippen MR) is 51.5 cm³/mol. The van der Waals surface area contributed by atoms with Crippen molar-refractivity contribution in [3.63, 3.8) is 0 Å². The van der Waals surface area contributed by atoms with Gasteiger partial charge in [0.25, 0.3) is 5.91 Å². The number of nitrogens with zero attached hydrogens (tertiary/aromatic N) is 1. The lowest BCUT2D eigenvalue weighted by Gasteiger charge is -2.04. The predicted octanol–water partition coefficient (Wildman–Crippen LogP) is -0.173. The fourth-order valence-electron chi connectivity index (χ4n) is 1.35. The van der Waals surface area contributed by atoms with Crippen LogP contribution < -0.4 is 10.9 Å². The topological polar surface area (TPSA) is 86.9 Å². The number of rotatable bonds is 2. The normalized spacial score (nSPS) is 23.3. The number of H-pyrrole nitrogens is 1. The molecule has 1 aromatic rings. The van der Waals surface area contributed by atoms with Crippen molar-refractivity contribution >= 4 is 11.8 Å². The molecular formula is C9H12N4O2. The van der Waals surface area contributed by atoms with Gasteiger partial charge in [0.05, 0.1) is 11.8 Å². The molecule has 0 bridgehead atoms. The van der Waals surface area contributed by atoms with Crippen molar-refractivity contribution in [2.24, 2.45) is 11.8 Å². The molecule has 6 nitrogen and oxygen atoms in total. The maximum atomic E-state index is 11.3. The van der Waals surface area contributed by atoms with E-state index in [9.17, 15) is 9.59 Å². The third kappa shape index (κ3) is 2.15. The fourth-order valence-corrected chi connectivity index (χ4v) is 1.35. The molecule has 1 aromatic heterocycles. The zero-order chi connectivity index (χ0) is 10.8. The molecule has 2 rings (SSSR count). The van der Waals surface area contributed by atoms with Gasteiger partial charge in [-0.2, -0.15) is 5.10 Å². The molecule has 0 aromatic carbocycles. The molecule has 15 heavy (non-hydrogen) atoms. The number of hydrogen-bond acceptors (Lipinski definition) is 3. The van der Waals surface area contributed by atoms with Crippen LogP contribution in [0.4, 0.5) is 0 Å². The van der Waals surface area contributed by atoms with Crippen molar-refractivity contribution in [2.45, 2.75) is 13.3 Å². The number of carbonyl (C=O) groups excluding carboxylic acids is 2. The zero-order valence-corrected chi connectivity index (χ0v) is 8.28. The smallest absolute Gasteiger partial charge is 0.272 e. The van der Waals surface area contributed by atoms with E-state index in [1.54, 1.807) is 0 Å². The number of aromatic nitrogens is 2. The van der Waals surface area contributed by atoms with Crippen LogP contribution >= 0.6 is 0 Å². The fraction of sp³-hybridized carbons (Fsp3) is 0.444. The minimum Gasteiger partial charge on any atom is -0.285 e. The maximum absolute atomic E-state index is 11.3. The number of amides is 2. The number of carbonyl (C=O) groups is 2. The number of hydrazine groups is 1. The van der Waals surface area contributed by atoms with Gasteiger partial charge >= 0.3 is 0 Å². The summed E-state index contributed by atoms with van der Waals surface area (Å²) in [5, 5.41) is 6.15. The van der Waals surface area contributed by atoms with Crippen LogP contribution in [0.3, 0.4) is 0 Å². The SMILES string of the molecule is CC1CC1C(=O)NNC(=O)c1cn[nH]c1. The molecule has 0 aliphatic heterocycles. The Labute approximate surface area is 86.4 Å². The highest BCUT2D eigenvalue weighted by atomic mass is 16.2. The molecule has 1 saturated carbocycles. The van der Waals surface area contributed by atoms with Crippen LogP contribution in [0, 0.1) is 11.8 Å². The molecule has 0 radical (unpaired) electrons. The first kappa shape index (κ1) is 9.70. The largest absolute Gasteiger partial charge is 0.285 e. The van der Waals surface area contributed by atoms with E-state index in [1.807, 2.05) is 6.92 Å². The summed E-state index contributed by atoms with van der Waals surface area (Å²) in [7, 11) is 0. The minimum absolute atomic E-state index is 0.0506. The van der Waals surface area contributed by atoms with Crippen LogP contribution in [-0.2, 0) is 4.79 Å². The van der Waals surface area contributed by atoms with E-state index in [0.717, 1.165) is 6.42 Å². The first-order valence-corrected chi connectivity index (χ1v) is 4.77. The van der Waals surface area contributed by atoms with Gasteiger partial charge in [0, 0.05) is 12.1 Å². The first-order chi connectivity index (χ1) is 7.18. The third-order valence-corrected chi connectivity index (χ3v) is 2.51. The van der Waals surface area contributed by atoms with Gasteiger partial charge in [-0.15, -0.1) is 0 Å². The quantitative estimate of drug-likeness (QED) is 0.589. The van der Waals surface area contributed by atoms with E-state index in [1.165, 1.54) is 12.4 Å². The summed E-state index contributed by atoms with van der Waals surface area (Å²) in [4.78, 5) is 22.7. The van der Waals surface area contributed by atoms with Crippen molar-refractivity contribution < 1.29 is 9.59 Å². The second-order valence-corrected chi connectivity index (χ2v) is 3.75. The molecule has 2 atom stereocenters. The minimum atomic E-state index is -0.370. The molecule has 6 heteroatoms. The molecular weight excluding hydrogens is 196 g/mol. The van der Waals surface area contributed by atoms with Crippen LogP contribution in [0.2, 0.25) is 0 Å². The van der Waals surface area contributed by atoms with E-state index < -0.39 is 0 Å². The Bertz CT molecular complexity index is 373. The maximum Gasteiger partial charge on any atom is 0.272 e. The van der Waals surface area contributed by atoms with E-state index in [4.69, 9.17) is 0 Å². The van der Waals surface area contributed by atoms with Crippen molar-refractivity contribution in [2.75, 3.05) is 0 Å². The van der Waals surface area contributed by atoms with Gasteiger partial charge in [-0.05, 0) is 12.3 Å². The average Bonchev–Trinajstić information content (AvgIpc) is 2.75. The molecule has 0 spiro atoms. The molecule has 1 aliphatic carbocycles. The summed E-state index contributed by atoms with van der Waals surface area (Å²) in [5.74, 6) is -0.0183. The Morgan fingerprint density at radius 1 is 1.53 bits per heavy atom. The Morgan fingerprint density at radius 2 is 2.27 bits per heavy atom. The number of nitrogens with one attached hydrogen (secondary N) is 3. The lowest BCUT2D eigenvalue weighted by Crippen LogP contribution is -2.42.